The highest BCUT2D eigenvalue weighted by Gasteiger charge is 2.16. The number of carbonyl (C=O) groups excluding carboxylic acids is 2. The Bertz CT molecular complexity index is 2570. The van der Waals surface area contributed by atoms with Crippen molar-refractivity contribution >= 4 is 67.5 Å². The average molecular weight is 660 g/mol. The molecule has 244 valence electrons. The molecule has 0 spiro atoms. The molecule has 51 heavy (non-hydrogen) atoms. The van der Waals surface area contributed by atoms with E-state index in [-0.39, 0.29) is 5.78 Å². The van der Waals surface area contributed by atoms with E-state index >= 15 is 0 Å². The highest BCUT2D eigenvalue weighted by molar-refractivity contribution is 6.13. The summed E-state index contributed by atoms with van der Waals surface area (Å²) >= 11 is 0. The van der Waals surface area contributed by atoms with E-state index < -0.39 is 0 Å². The van der Waals surface area contributed by atoms with E-state index in [1.165, 1.54) is 16.8 Å². The predicted molar refractivity (Wildman–Crippen MR) is 210 cm³/mol. The smallest absolute Gasteiger partial charge is 0.186 e. The largest absolute Gasteiger partial charge is 0.488 e. The topological polar surface area (TPSA) is 46.6 Å². The summed E-state index contributed by atoms with van der Waals surface area (Å²) in [6, 6.07) is 57.0. The van der Waals surface area contributed by atoms with Gasteiger partial charge in [0.2, 0.25) is 0 Å². The molecule has 8 aromatic carbocycles. The number of ketones is 1. The fourth-order valence-electron chi connectivity index (χ4n) is 6.59. The highest BCUT2D eigenvalue weighted by atomic mass is 16.5. The van der Waals surface area contributed by atoms with Gasteiger partial charge < -0.3 is 9.64 Å². The Hall–Kier alpha value is -6.78. The summed E-state index contributed by atoms with van der Waals surface area (Å²) in [5, 5.41) is 6.10. The molecule has 0 amide bonds. The van der Waals surface area contributed by atoms with Crippen molar-refractivity contribution in [1.29, 1.82) is 0 Å². The molecule has 0 radical (unpaired) electrons. The summed E-state index contributed by atoms with van der Waals surface area (Å²) < 4.78 is 6.54. The molecule has 4 heteroatoms. The van der Waals surface area contributed by atoms with E-state index in [9.17, 15) is 9.59 Å². The second kappa shape index (κ2) is 14.0. The fraction of sp³-hybridized carbons (Fsp3) is 0.0213. The minimum atomic E-state index is -0.237. The summed E-state index contributed by atoms with van der Waals surface area (Å²) in [5.74, 6) is 0.468. The molecule has 0 N–H and O–H groups in total. The number of carbonyl (C=O) groups is 2. The molecule has 0 fully saturated rings. The molecular weight excluding hydrogens is 627 g/mol. The molecule has 0 atom stereocenters. The van der Waals surface area contributed by atoms with Crippen LogP contribution in [0.2, 0.25) is 0 Å². The molecule has 0 unspecified atom stereocenters. The van der Waals surface area contributed by atoms with E-state index in [0.29, 0.717) is 23.5 Å². The number of anilines is 3. The minimum Gasteiger partial charge on any atom is -0.488 e. The Balaban J connectivity index is 1.21. The van der Waals surface area contributed by atoms with Crippen molar-refractivity contribution in [1.82, 2.24) is 0 Å². The van der Waals surface area contributed by atoms with Gasteiger partial charge in [-0.2, -0.15) is 0 Å². The monoisotopic (exact) mass is 659 g/mol. The van der Waals surface area contributed by atoms with Crippen LogP contribution in [-0.4, -0.2) is 12.1 Å². The molecule has 0 aliphatic heterocycles. The van der Waals surface area contributed by atoms with E-state index in [0.717, 1.165) is 56.0 Å². The van der Waals surface area contributed by atoms with Crippen molar-refractivity contribution in [3.05, 3.63) is 198 Å². The van der Waals surface area contributed by atoms with Crippen LogP contribution in [0.4, 0.5) is 17.1 Å². The molecule has 8 rings (SSSR count). The zero-order valence-electron chi connectivity index (χ0n) is 27.8. The van der Waals surface area contributed by atoms with Crippen LogP contribution in [0.15, 0.2) is 176 Å². The van der Waals surface area contributed by atoms with Crippen molar-refractivity contribution < 1.29 is 14.3 Å². The summed E-state index contributed by atoms with van der Waals surface area (Å²) in [7, 11) is 0. The van der Waals surface area contributed by atoms with Crippen molar-refractivity contribution in [2.45, 2.75) is 6.61 Å². The molecule has 0 saturated heterocycles. The Morgan fingerprint density at radius 1 is 0.549 bits per heavy atom. The third-order valence-corrected chi connectivity index (χ3v) is 9.16. The number of fused-ring (bicyclic) bond motifs is 3. The molecule has 0 heterocycles. The number of allylic oxidation sites excluding steroid dienone is 1. The zero-order valence-corrected chi connectivity index (χ0v) is 27.8. The summed E-state index contributed by atoms with van der Waals surface area (Å²) in [5.41, 5.74) is 5.70. The number of aldehydes is 1. The van der Waals surface area contributed by atoms with Crippen LogP contribution in [0.25, 0.3) is 38.4 Å². The Morgan fingerprint density at radius 2 is 1.16 bits per heavy atom. The number of para-hydroxylation sites is 1. The van der Waals surface area contributed by atoms with Gasteiger partial charge in [-0.1, -0.05) is 115 Å². The third kappa shape index (κ3) is 6.63. The summed E-state index contributed by atoms with van der Waals surface area (Å²) in [4.78, 5) is 27.7. The maximum atomic E-state index is 13.5. The predicted octanol–water partition coefficient (Wildman–Crippen LogP) is 11.9. The molecule has 4 nitrogen and oxygen atoms in total. The minimum absolute atomic E-state index is 0.237. The quantitative estimate of drug-likeness (QED) is 0.0833. The molecule has 0 aliphatic carbocycles. The number of nitrogens with zero attached hydrogens (tertiary/aromatic N) is 1. The SMILES string of the molecule is O=Cc1cc2ccccc2cc1C(=O)C=Cc1cc(OCc2ccccc2)c2cc(N(c3ccccc3)c3ccc4ccccc4c3)ccc2c1. The number of hydrogen-bond acceptors (Lipinski definition) is 4. The first-order valence-corrected chi connectivity index (χ1v) is 16.9. The molecule has 0 bridgehead atoms. The lowest BCUT2D eigenvalue weighted by Gasteiger charge is -2.26. The molecular formula is C47H33NO3. The van der Waals surface area contributed by atoms with Crippen LogP contribution in [0, 0.1) is 0 Å². The fourth-order valence-corrected chi connectivity index (χ4v) is 6.59. The van der Waals surface area contributed by atoms with Gasteiger partial charge >= 0.3 is 0 Å². The molecule has 0 aliphatic rings. The van der Waals surface area contributed by atoms with Gasteiger partial charge in [-0.3, -0.25) is 9.59 Å². The molecule has 0 aromatic heterocycles. The van der Waals surface area contributed by atoms with Crippen LogP contribution in [0.5, 0.6) is 5.75 Å². The maximum Gasteiger partial charge on any atom is 0.186 e. The van der Waals surface area contributed by atoms with Crippen LogP contribution in [-0.2, 0) is 6.61 Å². The molecule has 0 saturated carbocycles. The van der Waals surface area contributed by atoms with Gasteiger partial charge in [-0.05, 0) is 105 Å². The summed E-state index contributed by atoms with van der Waals surface area (Å²) in [6.45, 7) is 0.388. The van der Waals surface area contributed by atoms with Gasteiger partial charge in [0, 0.05) is 33.6 Å². The van der Waals surface area contributed by atoms with E-state index in [1.807, 2.05) is 66.7 Å². The standard InChI is InChI=1S/C47H33NO3/c49-31-40-27-36-14-9-10-16-38(36)29-44(40)46(50)24-19-34-25-39-21-23-43(30-45(39)47(26-34)51-32-33-11-3-1-4-12-33)48(41-17-5-2-6-18-41)42-22-20-35-13-7-8-15-37(35)28-42/h1-31H,32H2. The molecule has 8 aromatic rings. The lowest BCUT2D eigenvalue weighted by Crippen LogP contribution is -2.10. The average Bonchev–Trinajstić information content (AvgIpc) is 3.19. The Labute approximate surface area is 296 Å². The third-order valence-electron chi connectivity index (χ3n) is 9.16. The van der Waals surface area contributed by atoms with Crippen LogP contribution < -0.4 is 9.64 Å². The zero-order chi connectivity index (χ0) is 34.6. The van der Waals surface area contributed by atoms with Gasteiger partial charge in [-0.25, -0.2) is 0 Å². The lowest BCUT2D eigenvalue weighted by molar-refractivity contribution is 0.103. The first-order chi connectivity index (χ1) is 25.1. The van der Waals surface area contributed by atoms with Crippen molar-refractivity contribution in [2.24, 2.45) is 0 Å². The van der Waals surface area contributed by atoms with Crippen LogP contribution >= 0.6 is 0 Å². The summed E-state index contributed by atoms with van der Waals surface area (Å²) in [6.07, 6.45) is 4.07. The lowest BCUT2D eigenvalue weighted by atomic mass is 9.98. The van der Waals surface area contributed by atoms with Crippen molar-refractivity contribution in [2.75, 3.05) is 4.90 Å². The van der Waals surface area contributed by atoms with E-state index in [1.54, 1.807) is 18.2 Å². The van der Waals surface area contributed by atoms with E-state index in [4.69, 9.17) is 4.74 Å². The van der Waals surface area contributed by atoms with Gasteiger partial charge in [0.05, 0.1) is 0 Å². The number of rotatable bonds is 10. The first kappa shape index (κ1) is 31.5. The van der Waals surface area contributed by atoms with Gasteiger partial charge in [0.25, 0.3) is 0 Å². The van der Waals surface area contributed by atoms with Crippen LogP contribution in [0.3, 0.4) is 0 Å². The van der Waals surface area contributed by atoms with E-state index in [2.05, 4.69) is 95.9 Å². The second-order valence-electron chi connectivity index (χ2n) is 12.5. The first-order valence-electron chi connectivity index (χ1n) is 16.9. The van der Waals surface area contributed by atoms with Crippen molar-refractivity contribution in [3.63, 3.8) is 0 Å². The maximum absolute atomic E-state index is 13.5. The normalized spacial score (nSPS) is 11.3. The Kier molecular flexibility index (Phi) is 8.63. The van der Waals surface area contributed by atoms with Crippen LogP contribution in [0.1, 0.15) is 31.8 Å². The Morgan fingerprint density at radius 3 is 1.88 bits per heavy atom. The number of hydrogen-bond donors (Lipinski definition) is 0. The second-order valence-corrected chi connectivity index (χ2v) is 12.5. The number of ether oxygens (including phenoxy) is 1. The van der Waals surface area contributed by atoms with Gasteiger partial charge in [0.1, 0.15) is 12.4 Å². The van der Waals surface area contributed by atoms with Crippen molar-refractivity contribution in [3.8, 4) is 5.75 Å². The highest BCUT2D eigenvalue weighted by Crippen LogP contribution is 2.39. The van der Waals surface area contributed by atoms with Gasteiger partial charge in [0.15, 0.2) is 12.1 Å². The number of benzene rings is 8. The van der Waals surface area contributed by atoms with Gasteiger partial charge in [-0.15, -0.1) is 0 Å².